The standard InChI is InChI=1S/C30H37Cl2N3O4/c1-4-5-16-33(2)28(37)21-9-12-23(13-10-21)34-18-15-30(29(38)39-3,35-17-7-6-8-27(35)36)20-26(34)22-11-14-24(31)25(32)19-22/h9-14,19,26H,4-8,15-18,20H2,1-3H3. The van der Waals surface area contributed by atoms with Crippen molar-refractivity contribution >= 4 is 46.7 Å². The van der Waals surface area contributed by atoms with Gasteiger partial charge in [-0.3, -0.25) is 9.59 Å². The third kappa shape index (κ3) is 6.04. The van der Waals surface area contributed by atoms with Gasteiger partial charge in [0.2, 0.25) is 5.91 Å². The highest BCUT2D eigenvalue weighted by atomic mass is 35.5. The summed E-state index contributed by atoms with van der Waals surface area (Å²) in [5, 5.41) is 0.872. The fourth-order valence-corrected chi connectivity index (χ4v) is 6.13. The second-order valence-corrected chi connectivity index (χ2v) is 11.3. The normalized spacial score (nSPS) is 21.6. The van der Waals surface area contributed by atoms with Crippen LogP contribution in [0.2, 0.25) is 10.0 Å². The summed E-state index contributed by atoms with van der Waals surface area (Å²) in [5.41, 5.74) is 1.36. The minimum absolute atomic E-state index is 0.0111. The minimum Gasteiger partial charge on any atom is -0.467 e. The average molecular weight is 575 g/mol. The van der Waals surface area contributed by atoms with Crippen LogP contribution in [0.15, 0.2) is 42.5 Å². The first kappa shape index (κ1) is 29.2. The molecule has 2 unspecified atom stereocenters. The number of rotatable bonds is 8. The topological polar surface area (TPSA) is 70.2 Å². The SMILES string of the molecule is CCCCN(C)C(=O)c1ccc(N2CCC(C(=O)OC)(N3CCCCC3=O)CC2c2ccc(Cl)c(Cl)c2)cc1. The Hall–Kier alpha value is -2.77. The predicted molar refractivity (Wildman–Crippen MR) is 154 cm³/mol. The van der Waals surface area contributed by atoms with Crippen molar-refractivity contribution < 1.29 is 19.1 Å². The van der Waals surface area contributed by atoms with E-state index in [9.17, 15) is 14.4 Å². The Bertz CT molecular complexity index is 1210. The van der Waals surface area contributed by atoms with Gasteiger partial charge in [-0.15, -0.1) is 0 Å². The molecule has 2 aliphatic rings. The van der Waals surface area contributed by atoms with Gasteiger partial charge in [0.05, 0.1) is 23.2 Å². The van der Waals surface area contributed by atoms with Crippen LogP contribution in [-0.4, -0.2) is 66.9 Å². The average Bonchev–Trinajstić information content (AvgIpc) is 2.96. The fraction of sp³-hybridized carbons (Fsp3) is 0.500. The van der Waals surface area contributed by atoms with E-state index in [1.54, 1.807) is 15.9 Å². The molecule has 2 saturated heterocycles. The molecule has 2 atom stereocenters. The number of amides is 2. The van der Waals surface area contributed by atoms with Crippen molar-refractivity contribution in [3.63, 3.8) is 0 Å². The zero-order valence-corrected chi connectivity index (χ0v) is 24.4. The monoisotopic (exact) mass is 573 g/mol. The van der Waals surface area contributed by atoms with Crippen molar-refractivity contribution in [1.29, 1.82) is 0 Å². The lowest BCUT2D eigenvalue weighted by molar-refractivity contribution is -0.166. The van der Waals surface area contributed by atoms with Crippen molar-refractivity contribution in [2.75, 3.05) is 38.7 Å². The van der Waals surface area contributed by atoms with E-state index in [2.05, 4.69) is 11.8 Å². The van der Waals surface area contributed by atoms with Gasteiger partial charge in [-0.05, 0) is 67.6 Å². The maximum absolute atomic E-state index is 13.4. The van der Waals surface area contributed by atoms with E-state index < -0.39 is 11.5 Å². The number of halogens is 2. The molecule has 0 saturated carbocycles. The van der Waals surface area contributed by atoms with Crippen molar-refractivity contribution in [1.82, 2.24) is 9.80 Å². The van der Waals surface area contributed by atoms with Crippen molar-refractivity contribution in [3.05, 3.63) is 63.6 Å². The molecule has 2 aliphatic heterocycles. The first-order chi connectivity index (χ1) is 18.7. The van der Waals surface area contributed by atoms with Crippen LogP contribution in [0.3, 0.4) is 0 Å². The second kappa shape index (κ2) is 12.6. The predicted octanol–water partition coefficient (Wildman–Crippen LogP) is 6.13. The zero-order chi connectivity index (χ0) is 28.2. The molecule has 7 nitrogen and oxygen atoms in total. The summed E-state index contributed by atoms with van der Waals surface area (Å²) in [6.45, 7) is 3.86. The van der Waals surface area contributed by atoms with Gasteiger partial charge in [0.25, 0.3) is 5.91 Å². The lowest BCUT2D eigenvalue weighted by atomic mass is 9.78. The molecule has 2 aromatic carbocycles. The molecule has 0 radical (unpaired) electrons. The molecule has 4 rings (SSSR count). The number of methoxy groups -OCH3 is 1. The van der Waals surface area contributed by atoms with Gasteiger partial charge in [0, 0.05) is 50.8 Å². The Balaban J connectivity index is 1.70. The Morgan fingerprint density at radius 2 is 1.82 bits per heavy atom. The van der Waals surface area contributed by atoms with Crippen molar-refractivity contribution in [2.24, 2.45) is 0 Å². The number of esters is 1. The highest BCUT2D eigenvalue weighted by molar-refractivity contribution is 6.42. The number of unbranched alkanes of at least 4 members (excludes halogenated alkanes) is 1. The molecule has 0 aromatic heterocycles. The summed E-state index contributed by atoms with van der Waals surface area (Å²) >= 11 is 12.7. The third-order valence-electron chi connectivity index (χ3n) is 8.05. The highest BCUT2D eigenvalue weighted by Gasteiger charge is 2.53. The Morgan fingerprint density at radius 3 is 2.46 bits per heavy atom. The van der Waals surface area contributed by atoms with E-state index in [4.69, 9.17) is 27.9 Å². The fourth-order valence-electron chi connectivity index (χ4n) is 5.82. The Morgan fingerprint density at radius 1 is 1.08 bits per heavy atom. The summed E-state index contributed by atoms with van der Waals surface area (Å²) in [4.78, 5) is 45.1. The smallest absolute Gasteiger partial charge is 0.331 e. The molecule has 2 amide bonds. The van der Waals surface area contributed by atoms with Crippen molar-refractivity contribution in [3.8, 4) is 0 Å². The zero-order valence-electron chi connectivity index (χ0n) is 22.9. The third-order valence-corrected chi connectivity index (χ3v) is 8.79. The van der Waals surface area contributed by atoms with Crippen LogP contribution < -0.4 is 4.90 Å². The van der Waals surface area contributed by atoms with Gasteiger partial charge in [0.15, 0.2) is 0 Å². The molecule has 9 heteroatoms. The number of anilines is 1. The van der Waals surface area contributed by atoms with Crippen LogP contribution in [-0.2, 0) is 14.3 Å². The van der Waals surface area contributed by atoms with E-state index in [1.807, 2.05) is 43.4 Å². The van der Waals surface area contributed by atoms with Gasteiger partial charge in [0.1, 0.15) is 5.54 Å². The van der Waals surface area contributed by atoms with Crippen LogP contribution in [0.1, 0.15) is 73.8 Å². The van der Waals surface area contributed by atoms with Gasteiger partial charge < -0.3 is 19.4 Å². The van der Waals surface area contributed by atoms with E-state index in [1.165, 1.54) is 7.11 Å². The van der Waals surface area contributed by atoms with E-state index in [-0.39, 0.29) is 17.9 Å². The molecule has 0 bridgehead atoms. The van der Waals surface area contributed by atoms with Crippen LogP contribution in [0.25, 0.3) is 0 Å². The first-order valence-corrected chi connectivity index (χ1v) is 14.4. The summed E-state index contributed by atoms with van der Waals surface area (Å²) in [6, 6.07) is 12.8. The van der Waals surface area contributed by atoms with E-state index in [0.29, 0.717) is 54.5 Å². The largest absolute Gasteiger partial charge is 0.467 e. The number of nitrogens with zero attached hydrogens (tertiary/aromatic N) is 3. The molecule has 0 N–H and O–H groups in total. The van der Waals surface area contributed by atoms with Crippen LogP contribution in [0, 0.1) is 0 Å². The van der Waals surface area contributed by atoms with Gasteiger partial charge in [-0.1, -0.05) is 42.6 Å². The molecule has 210 valence electrons. The summed E-state index contributed by atoms with van der Waals surface area (Å²) in [6.07, 6.45) is 4.88. The highest BCUT2D eigenvalue weighted by Crippen LogP contribution is 2.45. The van der Waals surface area contributed by atoms with Gasteiger partial charge in [-0.2, -0.15) is 0 Å². The van der Waals surface area contributed by atoms with Crippen LogP contribution in [0.4, 0.5) is 5.69 Å². The van der Waals surface area contributed by atoms with Crippen molar-refractivity contribution in [2.45, 2.75) is 63.5 Å². The molecular weight excluding hydrogens is 537 g/mol. The lowest BCUT2D eigenvalue weighted by Gasteiger charge is -2.51. The maximum Gasteiger partial charge on any atom is 0.331 e. The minimum atomic E-state index is -1.07. The molecule has 39 heavy (non-hydrogen) atoms. The number of likely N-dealkylation sites (tertiary alicyclic amines) is 1. The number of ether oxygens (including phenoxy) is 1. The lowest BCUT2D eigenvalue weighted by Crippen LogP contribution is -2.63. The van der Waals surface area contributed by atoms with Gasteiger partial charge >= 0.3 is 5.97 Å². The molecule has 2 fully saturated rings. The molecule has 0 spiro atoms. The van der Waals surface area contributed by atoms with E-state index >= 15 is 0 Å². The summed E-state index contributed by atoms with van der Waals surface area (Å²) < 4.78 is 5.31. The molecule has 0 aliphatic carbocycles. The number of hydrogen-bond donors (Lipinski definition) is 0. The number of piperidine rings is 2. The molecule has 2 aromatic rings. The van der Waals surface area contributed by atoms with E-state index in [0.717, 1.165) is 36.9 Å². The summed E-state index contributed by atoms with van der Waals surface area (Å²) in [5.74, 6) is -0.412. The number of hydrogen-bond acceptors (Lipinski definition) is 5. The number of carbonyl (C=O) groups excluding carboxylic acids is 3. The molecular formula is C30H37Cl2N3O4. The second-order valence-electron chi connectivity index (χ2n) is 10.5. The van der Waals surface area contributed by atoms with Crippen LogP contribution >= 0.6 is 23.2 Å². The Kier molecular flexibility index (Phi) is 9.44. The van der Waals surface area contributed by atoms with Crippen LogP contribution in [0.5, 0.6) is 0 Å². The Labute approximate surface area is 241 Å². The summed E-state index contributed by atoms with van der Waals surface area (Å²) in [7, 11) is 3.21. The quantitative estimate of drug-likeness (QED) is 0.355. The first-order valence-electron chi connectivity index (χ1n) is 13.7. The maximum atomic E-state index is 13.4. The number of carbonyl (C=O) groups is 3. The number of benzene rings is 2. The molecule has 2 heterocycles. The van der Waals surface area contributed by atoms with Gasteiger partial charge in [-0.25, -0.2) is 4.79 Å².